The van der Waals surface area contributed by atoms with Crippen molar-refractivity contribution in [2.75, 3.05) is 11.9 Å². The zero-order valence-corrected chi connectivity index (χ0v) is 13.2. The molecule has 1 aliphatic carbocycles. The third kappa shape index (κ3) is 2.43. The Labute approximate surface area is 118 Å². The Hall–Kier alpha value is -0.540. The molecule has 3 heteroatoms. The van der Waals surface area contributed by atoms with Gasteiger partial charge in [0.25, 0.3) is 0 Å². The van der Waals surface area contributed by atoms with E-state index in [2.05, 4.69) is 67.1 Å². The van der Waals surface area contributed by atoms with E-state index in [0.717, 1.165) is 17.5 Å². The smallest absolute Gasteiger partial charge is 0.0665 e. The first-order valence-corrected chi connectivity index (χ1v) is 7.39. The molecule has 1 aliphatic rings. The predicted molar refractivity (Wildman–Crippen MR) is 80.1 cm³/mol. The van der Waals surface area contributed by atoms with E-state index in [1.165, 1.54) is 11.3 Å². The minimum absolute atomic E-state index is 0.199. The van der Waals surface area contributed by atoms with Crippen molar-refractivity contribution in [2.45, 2.75) is 46.3 Å². The van der Waals surface area contributed by atoms with Gasteiger partial charge < -0.3 is 10.1 Å². The molecule has 1 N–H and O–H groups in total. The van der Waals surface area contributed by atoms with E-state index >= 15 is 0 Å². The second-order valence-corrected chi connectivity index (χ2v) is 6.46. The third-order valence-electron chi connectivity index (χ3n) is 4.14. The second-order valence-electron chi connectivity index (χ2n) is 5.61. The molecule has 0 saturated heterocycles. The fraction of sp³-hybridized carbons (Fsp3) is 0.600. The van der Waals surface area contributed by atoms with E-state index in [-0.39, 0.29) is 5.41 Å². The minimum Gasteiger partial charge on any atom is -0.381 e. The summed E-state index contributed by atoms with van der Waals surface area (Å²) >= 11 is 3.58. The molecule has 0 bridgehead atoms. The van der Waals surface area contributed by atoms with Crippen molar-refractivity contribution in [3.63, 3.8) is 0 Å². The number of rotatable bonds is 4. The summed E-state index contributed by atoms with van der Waals surface area (Å²) < 4.78 is 6.92. The van der Waals surface area contributed by atoms with Crippen molar-refractivity contribution in [1.82, 2.24) is 0 Å². The Kier molecular flexibility index (Phi) is 4.02. The van der Waals surface area contributed by atoms with E-state index in [4.69, 9.17) is 4.74 Å². The van der Waals surface area contributed by atoms with Crippen LogP contribution < -0.4 is 5.32 Å². The molecule has 2 atom stereocenters. The molecular formula is C15H22BrNO. The summed E-state index contributed by atoms with van der Waals surface area (Å²) in [5, 5.41) is 3.66. The highest BCUT2D eigenvalue weighted by Gasteiger charge is 2.48. The van der Waals surface area contributed by atoms with Gasteiger partial charge in [0.2, 0.25) is 0 Å². The molecule has 0 spiro atoms. The standard InChI is InChI=1S/C15H22BrNO/c1-5-18-14-9-13(15(14,3)4)17-12-8-6-7-11(16)10(12)2/h6-8,13-14,17H,5,9H2,1-4H3. The topological polar surface area (TPSA) is 21.3 Å². The molecule has 1 fully saturated rings. The Balaban J connectivity index is 2.06. The van der Waals surface area contributed by atoms with Crippen LogP contribution in [0.1, 0.15) is 32.8 Å². The number of halogens is 1. The highest BCUT2D eigenvalue weighted by atomic mass is 79.9. The fourth-order valence-corrected chi connectivity index (χ4v) is 2.93. The van der Waals surface area contributed by atoms with Gasteiger partial charge >= 0.3 is 0 Å². The maximum Gasteiger partial charge on any atom is 0.0665 e. The normalized spacial score (nSPS) is 25.6. The second kappa shape index (κ2) is 5.22. The van der Waals surface area contributed by atoms with E-state index < -0.39 is 0 Å². The van der Waals surface area contributed by atoms with Crippen LogP contribution in [0.25, 0.3) is 0 Å². The molecule has 1 saturated carbocycles. The predicted octanol–water partition coefficient (Wildman–Crippen LogP) is 4.37. The van der Waals surface area contributed by atoms with Crippen molar-refractivity contribution in [3.05, 3.63) is 28.2 Å². The average Bonchev–Trinajstić information content (AvgIpc) is 2.33. The largest absolute Gasteiger partial charge is 0.381 e. The van der Waals surface area contributed by atoms with Crippen LogP contribution in [0.15, 0.2) is 22.7 Å². The highest BCUT2D eigenvalue weighted by Crippen LogP contribution is 2.44. The first kappa shape index (κ1) is 13.9. The monoisotopic (exact) mass is 311 g/mol. The number of ether oxygens (including phenoxy) is 1. The van der Waals surface area contributed by atoms with E-state index in [9.17, 15) is 0 Å². The minimum atomic E-state index is 0.199. The summed E-state index contributed by atoms with van der Waals surface area (Å²) in [4.78, 5) is 0. The van der Waals surface area contributed by atoms with Crippen molar-refractivity contribution < 1.29 is 4.74 Å². The summed E-state index contributed by atoms with van der Waals surface area (Å²) in [6.45, 7) is 9.56. The molecule has 0 aliphatic heterocycles. The molecule has 2 nitrogen and oxygen atoms in total. The lowest BCUT2D eigenvalue weighted by molar-refractivity contribution is -0.0976. The molecule has 100 valence electrons. The summed E-state index contributed by atoms with van der Waals surface area (Å²) in [5.41, 5.74) is 2.69. The summed E-state index contributed by atoms with van der Waals surface area (Å²) in [5.74, 6) is 0. The molecule has 0 amide bonds. The van der Waals surface area contributed by atoms with Crippen molar-refractivity contribution in [1.29, 1.82) is 0 Å². The average molecular weight is 312 g/mol. The lowest BCUT2D eigenvalue weighted by Crippen LogP contribution is -2.58. The van der Waals surface area contributed by atoms with Crippen molar-refractivity contribution in [3.8, 4) is 0 Å². The van der Waals surface area contributed by atoms with Crippen molar-refractivity contribution >= 4 is 21.6 Å². The Morgan fingerprint density at radius 3 is 2.78 bits per heavy atom. The molecule has 1 aromatic rings. The Morgan fingerprint density at radius 2 is 2.17 bits per heavy atom. The number of hydrogen-bond donors (Lipinski definition) is 1. The summed E-state index contributed by atoms with van der Waals surface area (Å²) in [7, 11) is 0. The van der Waals surface area contributed by atoms with Gasteiger partial charge in [0.05, 0.1) is 6.10 Å². The summed E-state index contributed by atoms with van der Waals surface area (Å²) in [6.07, 6.45) is 1.47. The van der Waals surface area contributed by atoms with E-state index in [1.54, 1.807) is 0 Å². The van der Waals surface area contributed by atoms with Crippen LogP contribution in [-0.4, -0.2) is 18.8 Å². The molecule has 2 unspecified atom stereocenters. The SMILES string of the molecule is CCOC1CC(Nc2cccc(Br)c2C)C1(C)C. The zero-order chi connectivity index (χ0) is 13.3. The molecule has 18 heavy (non-hydrogen) atoms. The third-order valence-corrected chi connectivity index (χ3v) is 5.00. The van der Waals surface area contributed by atoms with Crippen LogP contribution in [0.2, 0.25) is 0 Å². The van der Waals surface area contributed by atoms with Crippen LogP contribution in [0.5, 0.6) is 0 Å². The Bertz CT molecular complexity index is 431. The van der Waals surface area contributed by atoms with Crippen molar-refractivity contribution in [2.24, 2.45) is 5.41 Å². The summed E-state index contributed by atoms with van der Waals surface area (Å²) in [6, 6.07) is 6.78. The molecule has 0 aromatic heterocycles. The van der Waals surface area contributed by atoms with Gasteiger partial charge in [-0.2, -0.15) is 0 Å². The van der Waals surface area contributed by atoms with Gasteiger partial charge in [-0.05, 0) is 38.0 Å². The van der Waals surface area contributed by atoms with Crippen LogP contribution >= 0.6 is 15.9 Å². The number of anilines is 1. The Morgan fingerprint density at radius 1 is 1.44 bits per heavy atom. The number of benzene rings is 1. The van der Waals surface area contributed by atoms with Gasteiger partial charge in [-0.3, -0.25) is 0 Å². The molecule has 0 radical (unpaired) electrons. The van der Waals surface area contributed by atoms with Gasteiger partial charge in [-0.1, -0.05) is 35.8 Å². The highest BCUT2D eigenvalue weighted by molar-refractivity contribution is 9.10. The molecule has 0 heterocycles. The van der Waals surface area contributed by atoms with E-state index in [0.29, 0.717) is 12.1 Å². The van der Waals surface area contributed by atoms with Crippen LogP contribution in [0, 0.1) is 12.3 Å². The van der Waals surface area contributed by atoms with Crippen LogP contribution in [0.3, 0.4) is 0 Å². The maximum absolute atomic E-state index is 5.77. The zero-order valence-electron chi connectivity index (χ0n) is 11.6. The maximum atomic E-state index is 5.77. The number of hydrogen-bond acceptors (Lipinski definition) is 2. The van der Waals surface area contributed by atoms with Gasteiger partial charge in [-0.15, -0.1) is 0 Å². The van der Waals surface area contributed by atoms with Gasteiger partial charge in [0.15, 0.2) is 0 Å². The van der Waals surface area contributed by atoms with Gasteiger partial charge in [0.1, 0.15) is 0 Å². The number of nitrogens with one attached hydrogen (secondary N) is 1. The molecule has 2 rings (SSSR count). The van der Waals surface area contributed by atoms with Gasteiger partial charge in [-0.25, -0.2) is 0 Å². The quantitative estimate of drug-likeness (QED) is 0.891. The fourth-order valence-electron chi connectivity index (χ4n) is 2.57. The lowest BCUT2D eigenvalue weighted by Gasteiger charge is -2.52. The van der Waals surface area contributed by atoms with Crippen LogP contribution in [-0.2, 0) is 4.74 Å². The van der Waals surface area contributed by atoms with Crippen LogP contribution in [0.4, 0.5) is 5.69 Å². The first-order valence-electron chi connectivity index (χ1n) is 6.60. The molecule has 1 aromatic carbocycles. The molecular weight excluding hydrogens is 290 g/mol. The first-order chi connectivity index (χ1) is 8.46. The van der Waals surface area contributed by atoms with Gasteiger partial charge in [0, 0.05) is 28.2 Å². The lowest BCUT2D eigenvalue weighted by atomic mass is 9.64. The van der Waals surface area contributed by atoms with E-state index in [1.807, 2.05) is 0 Å².